The number of aliphatic carboxylic acids is 1. The monoisotopic (exact) mass is 613 g/mol. The topological polar surface area (TPSA) is 131 Å². The normalized spacial score (nSPS) is 12.6. The van der Waals surface area contributed by atoms with E-state index in [0.29, 0.717) is 22.7 Å². The first kappa shape index (κ1) is 30.1. The number of alkyl carbamates (subject to hydrolysis) is 1. The van der Waals surface area contributed by atoms with Gasteiger partial charge in [-0.3, -0.25) is 4.79 Å². The molecular weight excluding hydrogens is 583 g/mol. The average Bonchev–Trinajstić information content (AvgIpc) is 3.34. The van der Waals surface area contributed by atoms with E-state index < -0.39 is 24.0 Å². The molecule has 0 fully saturated rings. The molecule has 1 aliphatic carbocycles. The number of carboxylic acid groups (broad SMARTS) is 1. The molecule has 0 aromatic heterocycles. The summed E-state index contributed by atoms with van der Waals surface area (Å²) < 4.78 is 5.55. The number of fused-ring (bicyclic) bond motifs is 3. The highest BCUT2D eigenvalue weighted by molar-refractivity contribution is 7.99. The molecule has 8 nitrogen and oxygen atoms in total. The van der Waals surface area contributed by atoms with Crippen molar-refractivity contribution in [2.24, 2.45) is 5.73 Å². The number of carbonyl (C=O) groups excluding carboxylic acids is 2. The molecule has 0 saturated carbocycles. The van der Waals surface area contributed by atoms with Gasteiger partial charge in [0.05, 0.1) is 0 Å². The van der Waals surface area contributed by atoms with Crippen LogP contribution in [0.2, 0.25) is 0 Å². The fourth-order valence-corrected chi connectivity index (χ4v) is 6.45. The largest absolute Gasteiger partial charge is 0.480 e. The predicted octanol–water partition coefficient (Wildman–Crippen LogP) is 6.20. The second-order valence-electron chi connectivity index (χ2n) is 9.95. The van der Waals surface area contributed by atoms with E-state index in [-0.39, 0.29) is 18.3 Å². The lowest BCUT2D eigenvalue weighted by molar-refractivity contribution is -0.138. The number of nitrogens with one attached hydrogen (secondary N) is 2. The molecule has 5 N–H and O–H groups in total. The fraction of sp³-hybridized carbons (Fsp3) is 0.182. The third kappa shape index (κ3) is 7.15. The first-order chi connectivity index (χ1) is 20.8. The summed E-state index contributed by atoms with van der Waals surface area (Å²) in [4.78, 5) is 38.5. The molecular formula is C33H31N3O5S2. The maximum absolute atomic E-state index is 12.8. The van der Waals surface area contributed by atoms with Crippen LogP contribution in [0.15, 0.2) is 101 Å². The van der Waals surface area contributed by atoms with Crippen molar-refractivity contribution in [1.29, 1.82) is 0 Å². The van der Waals surface area contributed by atoms with E-state index >= 15 is 0 Å². The molecule has 4 aromatic carbocycles. The molecule has 10 heteroatoms. The zero-order chi connectivity index (χ0) is 30.3. The van der Waals surface area contributed by atoms with Gasteiger partial charge < -0.3 is 26.2 Å². The number of carbonyl (C=O) groups is 3. The quantitative estimate of drug-likeness (QED) is 0.139. The van der Waals surface area contributed by atoms with E-state index in [1.54, 1.807) is 30.0 Å². The summed E-state index contributed by atoms with van der Waals surface area (Å²) in [6.45, 7) is 0.574. The van der Waals surface area contributed by atoms with Crippen molar-refractivity contribution in [3.63, 3.8) is 0 Å². The van der Waals surface area contributed by atoms with Crippen LogP contribution in [0.3, 0.4) is 0 Å². The lowest BCUT2D eigenvalue weighted by Crippen LogP contribution is -2.43. The Kier molecular flexibility index (Phi) is 9.58. The van der Waals surface area contributed by atoms with E-state index in [0.717, 1.165) is 32.7 Å². The van der Waals surface area contributed by atoms with Crippen LogP contribution in [0.5, 0.6) is 0 Å². The van der Waals surface area contributed by atoms with Crippen molar-refractivity contribution in [3.8, 4) is 11.1 Å². The number of hydrogen-bond donors (Lipinski definition) is 4. The SMILES string of the molecule is CSc1ccc(CNc2cc(C(N)=O)ccc2SC[C@H](NC(=O)OCC2c3ccccc3-c3ccccc32)C(=O)O)cc1. The second kappa shape index (κ2) is 13.7. The molecule has 4 aromatic rings. The number of benzene rings is 4. The Morgan fingerprint density at radius 2 is 1.58 bits per heavy atom. The van der Waals surface area contributed by atoms with Gasteiger partial charge in [-0.1, -0.05) is 60.7 Å². The maximum atomic E-state index is 12.8. The first-order valence-corrected chi connectivity index (χ1v) is 15.8. The van der Waals surface area contributed by atoms with Crippen LogP contribution >= 0.6 is 23.5 Å². The molecule has 0 aliphatic heterocycles. The van der Waals surface area contributed by atoms with Crippen LogP contribution < -0.4 is 16.4 Å². The lowest BCUT2D eigenvalue weighted by Gasteiger charge is -2.18. The Morgan fingerprint density at radius 3 is 2.19 bits per heavy atom. The Labute approximate surface area is 258 Å². The molecule has 0 radical (unpaired) electrons. The molecule has 43 heavy (non-hydrogen) atoms. The smallest absolute Gasteiger partial charge is 0.407 e. The minimum Gasteiger partial charge on any atom is -0.480 e. The lowest BCUT2D eigenvalue weighted by atomic mass is 9.98. The van der Waals surface area contributed by atoms with Gasteiger partial charge in [-0.05, 0) is 64.4 Å². The fourth-order valence-electron chi connectivity index (χ4n) is 5.02. The predicted molar refractivity (Wildman–Crippen MR) is 171 cm³/mol. The second-order valence-corrected chi connectivity index (χ2v) is 11.9. The summed E-state index contributed by atoms with van der Waals surface area (Å²) >= 11 is 2.90. The summed E-state index contributed by atoms with van der Waals surface area (Å²) in [5.74, 6) is -1.85. The average molecular weight is 614 g/mol. The van der Waals surface area contributed by atoms with Crippen LogP contribution in [-0.4, -0.2) is 47.7 Å². The minimum absolute atomic E-state index is 0.0343. The van der Waals surface area contributed by atoms with Crippen molar-refractivity contribution in [2.75, 3.05) is 23.9 Å². The van der Waals surface area contributed by atoms with Gasteiger partial charge in [0.25, 0.3) is 0 Å². The molecule has 0 bridgehead atoms. The van der Waals surface area contributed by atoms with Crippen LogP contribution in [0.4, 0.5) is 10.5 Å². The van der Waals surface area contributed by atoms with Gasteiger partial charge in [0.2, 0.25) is 5.91 Å². The Morgan fingerprint density at radius 1 is 0.930 bits per heavy atom. The van der Waals surface area contributed by atoms with Crippen LogP contribution in [0.25, 0.3) is 11.1 Å². The minimum atomic E-state index is -1.21. The summed E-state index contributed by atoms with van der Waals surface area (Å²) in [5.41, 5.74) is 11.9. The highest BCUT2D eigenvalue weighted by Gasteiger charge is 2.30. The number of thioether (sulfide) groups is 2. The third-order valence-electron chi connectivity index (χ3n) is 7.25. The number of carboxylic acids is 1. The maximum Gasteiger partial charge on any atom is 0.407 e. The molecule has 0 saturated heterocycles. The number of rotatable bonds is 12. The molecule has 5 rings (SSSR count). The Hall–Kier alpha value is -4.41. The van der Waals surface area contributed by atoms with Gasteiger partial charge in [-0.25, -0.2) is 9.59 Å². The molecule has 0 spiro atoms. The van der Waals surface area contributed by atoms with Gasteiger partial charge >= 0.3 is 12.1 Å². The zero-order valence-electron chi connectivity index (χ0n) is 23.4. The summed E-state index contributed by atoms with van der Waals surface area (Å²) in [6.07, 6.45) is 1.21. The van der Waals surface area contributed by atoms with E-state index in [1.165, 1.54) is 11.8 Å². The number of primary amides is 1. The van der Waals surface area contributed by atoms with Crippen molar-refractivity contribution in [1.82, 2.24) is 5.32 Å². The van der Waals surface area contributed by atoms with E-state index in [1.807, 2.05) is 79.1 Å². The molecule has 2 amide bonds. The molecule has 0 unspecified atom stereocenters. The van der Waals surface area contributed by atoms with E-state index in [9.17, 15) is 19.5 Å². The number of anilines is 1. The number of ether oxygens (including phenoxy) is 1. The number of amides is 2. The third-order valence-corrected chi connectivity index (χ3v) is 9.16. The van der Waals surface area contributed by atoms with Gasteiger partial charge in [-0.15, -0.1) is 23.5 Å². The summed E-state index contributed by atoms with van der Waals surface area (Å²) in [6, 6.07) is 27.9. The van der Waals surface area contributed by atoms with E-state index in [2.05, 4.69) is 10.6 Å². The Bertz CT molecular complexity index is 1600. The molecule has 220 valence electrons. The number of nitrogens with two attached hydrogens (primary N) is 1. The van der Waals surface area contributed by atoms with Crippen LogP contribution in [-0.2, 0) is 16.1 Å². The van der Waals surface area contributed by atoms with Crippen molar-refractivity contribution >= 4 is 47.2 Å². The Balaban J connectivity index is 1.22. The molecule has 1 aliphatic rings. The summed E-state index contributed by atoms with van der Waals surface area (Å²) in [5, 5.41) is 15.7. The van der Waals surface area contributed by atoms with Gasteiger partial charge in [0.15, 0.2) is 0 Å². The van der Waals surface area contributed by atoms with Gasteiger partial charge in [0.1, 0.15) is 12.6 Å². The molecule has 1 atom stereocenters. The standard InChI is InChI=1S/C33H31N3O5S2/c1-42-22-13-10-20(11-14-22)17-35-28-16-21(31(34)37)12-15-30(28)43-19-29(32(38)39)36-33(40)41-18-27-25-8-4-2-6-23(25)24-7-3-5-9-26(24)27/h2-16,27,29,35H,17-19H2,1H3,(H2,34,37)(H,36,40)(H,38,39)/t29-/m0/s1. The van der Waals surface area contributed by atoms with Crippen LogP contribution in [0, 0.1) is 0 Å². The van der Waals surface area contributed by atoms with Crippen molar-refractivity contribution < 1.29 is 24.2 Å². The first-order valence-electron chi connectivity index (χ1n) is 13.6. The number of hydrogen-bond acceptors (Lipinski definition) is 7. The van der Waals surface area contributed by atoms with Crippen molar-refractivity contribution in [3.05, 3.63) is 113 Å². The van der Waals surface area contributed by atoms with Gasteiger partial charge in [-0.2, -0.15) is 0 Å². The van der Waals surface area contributed by atoms with Gasteiger partial charge in [0, 0.05) is 39.3 Å². The highest BCUT2D eigenvalue weighted by Crippen LogP contribution is 2.44. The van der Waals surface area contributed by atoms with E-state index in [4.69, 9.17) is 10.5 Å². The van der Waals surface area contributed by atoms with Crippen LogP contribution in [0.1, 0.15) is 33.0 Å². The summed E-state index contributed by atoms with van der Waals surface area (Å²) in [7, 11) is 0. The highest BCUT2D eigenvalue weighted by atomic mass is 32.2. The van der Waals surface area contributed by atoms with Crippen molar-refractivity contribution in [2.45, 2.75) is 28.3 Å². The zero-order valence-corrected chi connectivity index (χ0v) is 25.0. The molecule has 0 heterocycles.